The fourth-order valence-electron chi connectivity index (χ4n) is 2.69. The average Bonchev–Trinajstić information content (AvgIpc) is 2.47. The smallest absolute Gasteiger partial charge is 0.0130 e. The summed E-state index contributed by atoms with van der Waals surface area (Å²) in [7, 11) is 0. The first-order valence-electron chi connectivity index (χ1n) is 7.68. The Labute approximate surface area is 142 Å². The molecule has 2 rings (SSSR count). The zero-order valence-corrected chi connectivity index (χ0v) is 15.1. The van der Waals surface area contributed by atoms with Crippen LogP contribution in [0.3, 0.4) is 0 Å². The minimum absolute atomic E-state index is 0.645. The largest absolute Gasteiger partial charge is 0.317 e. The Balaban J connectivity index is 2.04. The van der Waals surface area contributed by atoms with Gasteiger partial charge < -0.3 is 5.32 Å². The summed E-state index contributed by atoms with van der Waals surface area (Å²) in [5.41, 5.74) is 4.23. The van der Waals surface area contributed by atoms with Crippen LogP contribution < -0.4 is 5.32 Å². The van der Waals surface area contributed by atoms with E-state index < -0.39 is 0 Å². The van der Waals surface area contributed by atoms with Crippen molar-refractivity contribution in [2.24, 2.45) is 5.92 Å². The first kappa shape index (κ1) is 16.5. The van der Waals surface area contributed by atoms with Crippen LogP contribution in [0.1, 0.15) is 23.6 Å². The van der Waals surface area contributed by atoms with E-state index in [0.29, 0.717) is 5.92 Å². The summed E-state index contributed by atoms with van der Waals surface area (Å²) in [5.74, 6) is 0.645. The normalized spacial score (nSPS) is 12.3. The molecule has 0 saturated heterocycles. The van der Waals surface area contributed by atoms with E-state index in [4.69, 9.17) is 0 Å². The van der Waals surface area contributed by atoms with E-state index >= 15 is 0 Å². The molecule has 2 heteroatoms. The van der Waals surface area contributed by atoms with Crippen LogP contribution in [0.15, 0.2) is 48.5 Å². The molecule has 0 amide bonds. The first-order chi connectivity index (χ1) is 10.2. The second kappa shape index (κ2) is 8.54. The Bertz CT molecular complexity index is 548. The van der Waals surface area contributed by atoms with E-state index in [0.717, 1.165) is 25.9 Å². The van der Waals surface area contributed by atoms with Gasteiger partial charge in [-0.15, -0.1) is 0 Å². The van der Waals surface area contributed by atoms with Crippen molar-refractivity contribution >= 4 is 22.6 Å². The SMILES string of the molecule is CCNCC(Cc1ccc(I)cc1)Cc1cccc(C)c1. The number of hydrogen-bond donors (Lipinski definition) is 1. The zero-order valence-electron chi connectivity index (χ0n) is 12.9. The van der Waals surface area contributed by atoms with Gasteiger partial charge in [-0.25, -0.2) is 0 Å². The second-order valence-corrected chi connectivity index (χ2v) is 6.94. The predicted molar refractivity (Wildman–Crippen MR) is 99.8 cm³/mol. The average molecular weight is 393 g/mol. The van der Waals surface area contributed by atoms with E-state index in [2.05, 4.69) is 90.3 Å². The molecule has 1 N–H and O–H groups in total. The van der Waals surface area contributed by atoms with Gasteiger partial charge in [-0.2, -0.15) is 0 Å². The van der Waals surface area contributed by atoms with E-state index in [1.165, 1.54) is 20.3 Å². The van der Waals surface area contributed by atoms with Gasteiger partial charge in [0.2, 0.25) is 0 Å². The highest BCUT2D eigenvalue weighted by Gasteiger charge is 2.11. The van der Waals surface area contributed by atoms with Gasteiger partial charge in [-0.05, 0) is 84.6 Å². The molecule has 0 radical (unpaired) electrons. The van der Waals surface area contributed by atoms with Gasteiger partial charge in [0.15, 0.2) is 0 Å². The van der Waals surface area contributed by atoms with Crippen molar-refractivity contribution in [3.8, 4) is 0 Å². The summed E-state index contributed by atoms with van der Waals surface area (Å²) in [5, 5.41) is 3.51. The zero-order chi connectivity index (χ0) is 15.1. The minimum atomic E-state index is 0.645. The maximum Gasteiger partial charge on any atom is 0.0130 e. The standard InChI is InChI=1S/C19H24IN/c1-3-21-14-18(12-16-7-9-19(20)10-8-16)13-17-6-4-5-15(2)11-17/h4-11,18,21H,3,12-14H2,1-2H3. The van der Waals surface area contributed by atoms with Crippen molar-refractivity contribution in [1.82, 2.24) is 5.32 Å². The summed E-state index contributed by atoms with van der Waals surface area (Å²) >= 11 is 2.36. The van der Waals surface area contributed by atoms with Crippen LogP contribution in [0, 0.1) is 16.4 Å². The maximum atomic E-state index is 3.51. The van der Waals surface area contributed by atoms with Crippen molar-refractivity contribution < 1.29 is 0 Å². The summed E-state index contributed by atoms with van der Waals surface area (Å²) in [6, 6.07) is 17.8. The van der Waals surface area contributed by atoms with E-state index in [-0.39, 0.29) is 0 Å². The lowest BCUT2D eigenvalue weighted by Crippen LogP contribution is -2.25. The molecule has 1 atom stereocenters. The molecular formula is C19H24IN. The molecule has 0 heterocycles. The maximum absolute atomic E-state index is 3.51. The number of benzene rings is 2. The molecule has 0 spiro atoms. The molecule has 0 aliphatic carbocycles. The van der Waals surface area contributed by atoms with Crippen molar-refractivity contribution in [3.63, 3.8) is 0 Å². The van der Waals surface area contributed by atoms with Gasteiger partial charge in [-0.1, -0.05) is 48.9 Å². The van der Waals surface area contributed by atoms with Crippen LogP contribution in [0.4, 0.5) is 0 Å². The quantitative estimate of drug-likeness (QED) is 0.678. The third kappa shape index (κ3) is 5.79. The third-order valence-electron chi connectivity index (χ3n) is 3.73. The van der Waals surface area contributed by atoms with Crippen LogP contribution in [0.25, 0.3) is 0 Å². The van der Waals surface area contributed by atoms with Crippen LogP contribution in [0.2, 0.25) is 0 Å². The fraction of sp³-hybridized carbons (Fsp3) is 0.368. The van der Waals surface area contributed by atoms with Crippen molar-refractivity contribution in [3.05, 3.63) is 68.8 Å². The Hall–Kier alpha value is -0.870. The lowest BCUT2D eigenvalue weighted by atomic mass is 9.92. The lowest BCUT2D eigenvalue weighted by molar-refractivity contribution is 0.478. The van der Waals surface area contributed by atoms with Crippen molar-refractivity contribution in [2.45, 2.75) is 26.7 Å². The van der Waals surface area contributed by atoms with Gasteiger partial charge in [0.25, 0.3) is 0 Å². The molecule has 21 heavy (non-hydrogen) atoms. The Morgan fingerprint density at radius 3 is 2.38 bits per heavy atom. The molecular weight excluding hydrogens is 369 g/mol. The number of nitrogens with one attached hydrogen (secondary N) is 1. The van der Waals surface area contributed by atoms with Crippen molar-refractivity contribution in [2.75, 3.05) is 13.1 Å². The van der Waals surface area contributed by atoms with E-state index in [1.54, 1.807) is 0 Å². The van der Waals surface area contributed by atoms with Crippen LogP contribution in [-0.2, 0) is 12.8 Å². The number of hydrogen-bond acceptors (Lipinski definition) is 1. The first-order valence-corrected chi connectivity index (χ1v) is 8.76. The monoisotopic (exact) mass is 393 g/mol. The third-order valence-corrected chi connectivity index (χ3v) is 4.45. The Kier molecular flexibility index (Phi) is 6.71. The van der Waals surface area contributed by atoms with Gasteiger partial charge in [-0.3, -0.25) is 0 Å². The fourth-order valence-corrected chi connectivity index (χ4v) is 3.05. The van der Waals surface area contributed by atoms with Gasteiger partial charge in [0, 0.05) is 3.57 Å². The molecule has 1 nitrogen and oxygen atoms in total. The molecule has 1 unspecified atom stereocenters. The molecule has 2 aromatic carbocycles. The van der Waals surface area contributed by atoms with Gasteiger partial charge in [0.05, 0.1) is 0 Å². The lowest BCUT2D eigenvalue weighted by Gasteiger charge is -2.18. The molecule has 0 fully saturated rings. The van der Waals surface area contributed by atoms with E-state index in [9.17, 15) is 0 Å². The number of halogens is 1. The molecule has 0 bridgehead atoms. The number of rotatable bonds is 7. The van der Waals surface area contributed by atoms with Gasteiger partial charge in [0.1, 0.15) is 0 Å². The predicted octanol–water partition coefficient (Wildman–Crippen LogP) is 4.61. The van der Waals surface area contributed by atoms with E-state index in [1.807, 2.05) is 0 Å². The molecule has 0 aromatic heterocycles. The molecule has 0 saturated carbocycles. The summed E-state index contributed by atoms with van der Waals surface area (Å²) in [6.45, 7) is 6.46. The topological polar surface area (TPSA) is 12.0 Å². The number of aryl methyl sites for hydroxylation is 1. The molecule has 0 aliphatic rings. The molecule has 0 aliphatic heterocycles. The summed E-state index contributed by atoms with van der Waals surface area (Å²) < 4.78 is 1.30. The van der Waals surface area contributed by atoms with Crippen LogP contribution in [0.5, 0.6) is 0 Å². The molecule has 2 aromatic rings. The highest BCUT2D eigenvalue weighted by Crippen LogP contribution is 2.16. The summed E-state index contributed by atoms with van der Waals surface area (Å²) in [6.07, 6.45) is 2.28. The van der Waals surface area contributed by atoms with Crippen molar-refractivity contribution in [1.29, 1.82) is 0 Å². The Morgan fingerprint density at radius 2 is 1.71 bits per heavy atom. The second-order valence-electron chi connectivity index (χ2n) is 5.70. The highest BCUT2D eigenvalue weighted by molar-refractivity contribution is 14.1. The summed E-state index contributed by atoms with van der Waals surface area (Å²) in [4.78, 5) is 0. The van der Waals surface area contributed by atoms with Gasteiger partial charge >= 0.3 is 0 Å². The highest BCUT2D eigenvalue weighted by atomic mass is 127. The molecule has 112 valence electrons. The Morgan fingerprint density at radius 1 is 1.00 bits per heavy atom. The minimum Gasteiger partial charge on any atom is -0.317 e. The van der Waals surface area contributed by atoms with Crippen LogP contribution in [-0.4, -0.2) is 13.1 Å². The van der Waals surface area contributed by atoms with Crippen LogP contribution >= 0.6 is 22.6 Å².